The van der Waals surface area contributed by atoms with Crippen LogP contribution < -0.4 is 0 Å². The molecule has 0 amide bonds. The van der Waals surface area contributed by atoms with Crippen LogP contribution in [0.5, 0.6) is 0 Å². The van der Waals surface area contributed by atoms with Crippen LogP contribution in [0.3, 0.4) is 0 Å². The summed E-state index contributed by atoms with van der Waals surface area (Å²) >= 11 is 0. The molecule has 13 heavy (non-hydrogen) atoms. The minimum atomic E-state index is -0.385. The van der Waals surface area contributed by atoms with Crippen molar-refractivity contribution in [3.63, 3.8) is 0 Å². The number of ether oxygens (including phenoxy) is 1. The lowest BCUT2D eigenvalue weighted by atomic mass is 10.1. The molecule has 0 aromatic carbocycles. The van der Waals surface area contributed by atoms with Gasteiger partial charge in [0.25, 0.3) is 0 Å². The molecular weight excluding hydrogens is 164 g/mol. The van der Waals surface area contributed by atoms with Crippen LogP contribution >= 0.6 is 0 Å². The topological polar surface area (TPSA) is 26.3 Å². The molecule has 0 radical (unpaired) electrons. The van der Waals surface area contributed by atoms with Gasteiger partial charge in [-0.25, -0.2) is 0 Å². The van der Waals surface area contributed by atoms with Crippen molar-refractivity contribution in [2.75, 3.05) is 0 Å². The molecule has 76 valence electrons. The van der Waals surface area contributed by atoms with E-state index in [0.717, 1.165) is 18.4 Å². The molecule has 0 bridgehead atoms. The van der Waals surface area contributed by atoms with E-state index in [1.165, 1.54) is 0 Å². The largest absolute Gasteiger partial charge is 0.460 e. The van der Waals surface area contributed by atoms with E-state index in [1.54, 1.807) is 0 Å². The van der Waals surface area contributed by atoms with Crippen LogP contribution in [0, 0.1) is 0 Å². The fourth-order valence-electron chi connectivity index (χ4n) is 1.02. The first-order valence-corrected chi connectivity index (χ1v) is 4.73. The summed E-state index contributed by atoms with van der Waals surface area (Å²) in [5.74, 6) is -0.175. The third kappa shape index (κ3) is 7.57. The van der Waals surface area contributed by atoms with Crippen molar-refractivity contribution in [2.24, 2.45) is 0 Å². The van der Waals surface area contributed by atoms with Crippen LogP contribution in [0.1, 0.15) is 47.0 Å². The fourth-order valence-corrected chi connectivity index (χ4v) is 1.02. The number of hydrogen-bond donors (Lipinski definition) is 0. The van der Waals surface area contributed by atoms with Crippen LogP contribution in [0.2, 0.25) is 0 Å². The Hall–Kier alpha value is -0.790. The zero-order valence-electron chi connectivity index (χ0n) is 9.14. The highest BCUT2D eigenvalue weighted by Crippen LogP contribution is 2.13. The lowest BCUT2D eigenvalue weighted by Crippen LogP contribution is -2.23. The maximum atomic E-state index is 11.3. The minimum absolute atomic E-state index is 0.175. The van der Waals surface area contributed by atoms with Crippen molar-refractivity contribution in [3.05, 3.63) is 12.2 Å². The first kappa shape index (κ1) is 12.2. The second-order valence-corrected chi connectivity index (χ2v) is 4.26. The molecule has 0 rings (SSSR count). The van der Waals surface area contributed by atoms with Gasteiger partial charge in [-0.3, -0.25) is 4.79 Å². The van der Waals surface area contributed by atoms with Gasteiger partial charge >= 0.3 is 5.97 Å². The smallest absolute Gasteiger partial charge is 0.310 e. The van der Waals surface area contributed by atoms with Gasteiger partial charge in [0, 0.05) is 0 Å². The highest BCUT2D eigenvalue weighted by molar-refractivity contribution is 5.72. The second kappa shape index (κ2) is 5.05. The summed E-state index contributed by atoms with van der Waals surface area (Å²) in [5.41, 5.74) is 0.570. The van der Waals surface area contributed by atoms with Crippen molar-refractivity contribution in [1.29, 1.82) is 0 Å². The molecule has 0 aliphatic rings. The molecule has 0 saturated carbocycles. The third-order valence-electron chi connectivity index (χ3n) is 1.42. The zero-order chi connectivity index (χ0) is 10.5. The zero-order valence-corrected chi connectivity index (χ0v) is 9.14. The molecule has 0 aromatic heterocycles. The summed E-state index contributed by atoms with van der Waals surface area (Å²) in [7, 11) is 0. The van der Waals surface area contributed by atoms with Gasteiger partial charge in [-0.1, -0.05) is 25.5 Å². The van der Waals surface area contributed by atoms with E-state index in [2.05, 4.69) is 13.5 Å². The number of carbonyl (C=O) groups excluding carboxylic acids is 1. The van der Waals surface area contributed by atoms with Gasteiger partial charge in [0.05, 0.1) is 6.42 Å². The fraction of sp³-hybridized carbons (Fsp3) is 0.727. The highest BCUT2D eigenvalue weighted by atomic mass is 16.6. The maximum absolute atomic E-state index is 11.3. The molecule has 0 unspecified atom stereocenters. The summed E-state index contributed by atoms with van der Waals surface area (Å²) in [5, 5.41) is 0. The molecule has 0 spiro atoms. The summed E-state index contributed by atoms with van der Waals surface area (Å²) < 4.78 is 5.15. The standard InChI is InChI=1S/C11H20O2/c1-6-7-9(2)8-10(12)13-11(3,4)5/h2,6-8H2,1,3-5H3. The van der Waals surface area contributed by atoms with E-state index in [0.29, 0.717) is 6.42 Å². The van der Waals surface area contributed by atoms with Gasteiger partial charge in [-0.05, 0) is 27.2 Å². The molecule has 0 aliphatic heterocycles. The van der Waals surface area contributed by atoms with E-state index in [-0.39, 0.29) is 11.6 Å². The van der Waals surface area contributed by atoms with Gasteiger partial charge in [-0.2, -0.15) is 0 Å². The Kier molecular flexibility index (Phi) is 4.74. The van der Waals surface area contributed by atoms with Gasteiger partial charge in [0.1, 0.15) is 5.60 Å². The molecule has 0 atom stereocenters. The number of esters is 1. The maximum Gasteiger partial charge on any atom is 0.310 e. The van der Waals surface area contributed by atoms with E-state index < -0.39 is 0 Å². The first-order chi connectivity index (χ1) is 5.85. The molecule has 2 nitrogen and oxygen atoms in total. The van der Waals surface area contributed by atoms with Crippen LogP contribution in [0.15, 0.2) is 12.2 Å². The molecule has 0 fully saturated rings. The van der Waals surface area contributed by atoms with E-state index in [1.807, 2.05) is 20.8 Å². The first-order valence-electron chi connectivity index (χ1n) is 4.73. The Morgan fingerprint density at radius 1 is 1.38 bits per heavy atom. The minimum Gasteiger partial charge on any atom is -0.460 e. The Balaban J connectivity index is 3.82. The predicted molar refractivity (Wildman–Crippen MR) is 54.5 cm³/mol. The summed E-state index contributed by atoms with van der Waals surface area (Å²) in [6, 6.07) is 0. The van der Waals surface area contributed by atoms with Crippen molar-refractivity contribution in [1.82, 2.24) is 0 Å². The molecule has 2 heteroatoms. The van der Waals surface area contributed by atoms with Gasteiger partial charge in [0.2, 0.25) is 0 Å². The predicted octanol–water partition coefficient (Wildman–Crippen LogP) is 3.07. The van der Waals surface area contributed by atoms with Crippen molar-refractivity contribution in [3.8, 4) is 0 Å². The summed E-state index contributed by atoms with van der Waals surface area (Å²) in [4.78, 5) is 11.3. The second-order valence-electron chi connectivity index (χ2n) is 4.26. The quantitative estimate of drug-likeness (QED) is 0.496. The van der Waals surface area contributed by atoms with Gasteiger partial charge in [0.15, 0.2) is 0 Å². The van der Waals surface area contributed by atoms with E-state index in [9.17, 15) is 4.79 Å². The Morgan fingerprint density at radius 3 is 2.31 bits per heavy atom. The molecule has 0 heterocycles. The molecule has 0 aromatic rings. The average molecular weight is 184 g/mol. The lowest BCUT2D eigenvalue weighted by molar-refractivity contribution is -0.153. The van der Waals surface area contributed by atoms with Crippen LogP contribution in [-0.4, -0.2) is 11.6 Å². The SMILES string of the molecule is C=C(CCC)CC(=O)OC(C)(C)C. The Labute approximate surface area is 81.0 Å². The van der Waals surface area contributed by atoms with E-state index in [4.69, 9.17) is 4.74 Å². The Morgan fingerprint density at radius 2 is 1.92 bits per heavy atom. The van der Waals surface area contributed by atoms with Crippen LogP contribution in [0.4, 0.5) is 0 Å². The Bertz CT molecular complexity index is 187. The van der Waals surface area contributed by atoms with Gasteiger partial charge in [-0.15, -0.1) is 0 Å². The summed E-state index contributed by atoms with van der Waals surface area (Å²) in [6.07, 6.45) is 2.28. The molecule has 0 saturated heterocycles. The summed E-state index contributed by atoms with van der Waals surface area (Å²) in [6.45, 7) is 11.5. The lowest BCUT2D eigenvalue weighted by Gasteiger charge is -2.19. The van der Waals surface area contributed by atoms with Gasteiger partial charge < -0.3 is 4.74 Å². The molecule has 0 aliphatic carbocycles. The highest BCUT2D eigenvalue weighted by Gasteiger charge is 2.16. The van der Waals surface area contributed by atoms with E-state index >= 15 is 0 Å². The number of hydrogen-bond acceptors (Lipinski definition) is 2. The van der Waals surface area contributed by atoms with Crippen LogP contribution in [-0.2, 0) is 9.53 Å². The third-order valence-corrected chi connectivity index (χ3v) is 1.42. The van der Waals surface area contributed by atoms with Crippen molar-refractivity contribution in [2.45, 2.75) is 52.6 Å². The molecule has 0 N–H and O–H groups in total. The monoisotopic (exact) mass is 184 g/mol. The average Bonchev–Trinajstić information content (AvgIpc) is 1.81. The van der Waals surface area contributed by atoms with Crippen LogP contribution in [0.25, 0.3) is 0 Å². The number of rotatable bonds is 4. The van der Waals surface area contributed by atoms with Crippen molar-refractivity contribution >= 4 is 5.97 Å². The molecular formula is C11H20O2. The van der Waals surface area contributed by atoms with Crippen molar-refractivity contribution < 1.29 is 9.53 Å². The normalized spacial score (nSPS) is 11.1. The number of carbonyl (C=O) groups is 1.